The highest BCUT2D eigenvalue weighted by molar-refractivity contribution is 5.94. The molecule has 4 aromatic carbocycles. The molecule has 4 aromatic rings. The molecule has 0 aliphatic heterocycles. The highest BCUT2D eigenvalue weighted by atomic mass is 16.5. The van der Waals surface area contributed by atoms with Crippen molar-refractivity contribution in [2.45, 2.75) is 91.9 Å². The summed E-state index contributed by atoms with van der Waals surface area (Å²) >= 11 is 0. The maximum atomic E-state index is 14.1. The van der Waals surface area contributed by atoms with Crippen LogP contribution in [-0.4, -0.2) is 41.9 Å². The van der Waals surface area contributed by atoms with Gasteiger partial charge in [0, 0.05) is 25.2 Å². The molecule has 0 radical (unpaired) electrons. The largest absolute Gasteiger partial charge is 0.485 e. The summed E-state index contributed by atoms with van der Waals surface area (Å²) < 4.78 is 12.7. The van der Waals surface area contributed by atoms with Gasteiger partial charge in [0.15, 0.2) is 11.5 Å². The van der Waals surface area contributed by atoms with Crippen LogP contribution in [0.25, 0.3) is 0 Å². The minimum atomic E-state index is 0.0669. The van der Waals surface area contributed by atoms with Crippen molar-refractivity contribution in [1.82, 2.24) is 9.80 Å². The zero-order valence-corrected chi connectivity index (χ0v) is 29.5. The molecule has 0 bridgehead atoms. The van der Waals surface area contributed by atoms with E-state index in [0.29, 0.717) is 37.8 Å². The Balaban J connectivity index is 1.56. The Morgan fingerprint density at radius 2 is 1.10 bits per heavy atom. The molecular weight excluding hydrogens is 592 g/mol. The van der Waals surface area contributed by atoms with Crippen molar-refractivity contribution >= 4 is 5.91 Å². The molecule has 0 saturated carbocycles. The lowest BCUT2D eigenvalue weighted by molar-refractivity contribution is 0.0720. The molecule has 1 amide bonds. The summed E-state index contributed by atoms with van der Waals surface area (Å²) in [7, 11) is 0. The van der Waals surface area contributed by atoms with Gasteiger partial charge in [0.05, 0.1) is 0 Å². The molecule has 0 aromatic heterocycles. The standard InChI is InChI=1S/C43H56N2O3/c1-4-7-12-17-36-22-25-40(26-23-36)43(46)45(31-30-44(28-8-5-2)29-9-6-3)33-39-24-27-41(47-34-37-18-13-10-14-19-37)42(32-39)48-35-38-20-15-11-16-21-38/h10-11,13-16,18-27,32H,4-9,12,17,28-31,33-35H2,1-3H3. The minimum Gasteiger partial charge on any atom is -0.485 e. The van der Waals surface area contributed by atoms with Crippen LogP contribution in [0.2, 0.25) is 0 Å². The third kappa shape index (κ3) is 12.5. The molecule has 0 aliphatic carbocycles. The smallest absolute Gasteiger partial charge is 0.254 e. The zero-order chi connectivity index (χ0) is 33.8. The van der Waals surface area contributed by atoms with Crippen molar-refractivity contribution in [2.24, 2.45) is 0 Å². The molecule has 0 unspecified atom stereocenters. The molecule has 0 aliphatic rings. The Kier molecular flexibility index (Phi) is 16.1. The number of benzene rings is 4. The molecule has 5 nitrogen and oxygen atoms in total. The van der Waals surface area contributed by atoms with E-state index in [-0.39, 0.29) is 5.91 Å². The Hall–Kier alpha value is -4.09. The lowest BCUT2D eigenvalue weighted by Gasteiger charge is -2.28. The maximum Gasteiger partial charge on any atom is 0.254 e. The molecule has 4 rings (SSSR count). The van der Waals surface area contributed by atoms with Gasteiger partial charge in [-0.15, -0.1) is 0 Å². The molecule has 5 heteroatoms. The number of ether oxygens (including phenoxy) is 2. The number of aryl methyl sites for hydroxylation is 1. The summed E-state index contributed by atoms with van der Waals surface area (Å²) in [5.41, 5.74) is 5.24. The number of hydrogen-bond donors (Lipinski definition) is 0. The average Bonchev–Trinajstić information content (AvgIpc) is 3.13. The van der Waals surface area contributed by atoms with Crippen LogP contribution in [0.5, 0.6) is 11.5 Å². The van der Waals surface area contributed by atoms with Gasteiger partial charge in [0.2, 0.25) is 0 Å². The zero-order valence-electron chi connectivity index (χ0n) is 29.5. The Morgan fingerprint density at radius 1 is 0.542 bits per heavy atom. The first-order chi connectivity index (χ1) is 23.6. The van der Waals surface area contributed by atoms with Crippen molar-refractivity contribution < 1.29 is 14.3 Å². The maximum absolute atomic E-state index is 14.1. The van der Waals surface area contributed by atoms with Crippen molar-refractivity contribution in [1.29, 1.82) is 0 Å². The van der Waals surface area contributed by atoms with Gasteiger partial charge < -0.3 is 19.3 Å². The second-order valence-electron chi connectivity index (χ2n) is 12.8. The fourth-order valence-corrected chi connectivity index (χ4v) is 5.76. The van der Waals surface area contributed by atoms with E-state index in [0.717, 1.165) is 48.3 Å². The number of unbranched alkanes of at least 4 members (excludes halogenated alkanes) is 4. The lowest BCUT2D eigenvalue weighted by atomic mass is 10.0. The van der Waals surface area contributed by atoms with Crippen LogP contribution in [0.1, 0.15) is 98.3 Å². The summed E-state index contributed by atoms with van der Waals surface area (Å²) in [6.07, 6.45) is 9.35. The van der Waals surface area contributed by atoms with Gasteiger partial charge in [-0.05, 0) is 85.3 Å². The quantitative estimate of drug-likeness (QED) is 0.0796. The summed E-state index contributed by atoms with van der Waals surface area (Å²) in [6, 6.07) is 34.7. The minimum absolute atomic E-state index is 0.0669. The second-order valence-corrected chi connectivity index (χ2v) is 12.8. The van der Waals surface area contributed by atoms with Crippen LogP contribution < -0.4 is 9.47 Å². The number of carbonyl (C=O) groups is 1. The van der Waals surface area contributed by atoms with Crippen LogP contribution >= 0.6 is 0 Å². The van der Waals surface area contributed by atoms with Gasteiger partial charge in [-0.3, -0.25) is 4.79 Å². The van der Waals surface area contributed by atoms with E-state index in [4.69, 9.17) is 9.47 Å². The van der Waals surface area contributed by atoms with Gasteiger partial charge in [0.1, 0.15) is 13.2 Å². The first-order valence-electron chi connectivity index (χ1n) is 18.2. The highest BCUT2D eigenvalue weighted by Gasteiger charge is 2.19. The predicted octanol–water partition coefficient (Wildman–Crippen LogP) is 10.1. The van der Waals surface area contributed by atoms with E-state index < -0.39 is 0 Å². The highest BCUT2D eigenvalue weighted by Crippen LogP contribution is 2.31. The van der Waals surface area contributed by atoms with Gasteiger partial charge in [-0.1, -0.05) is 125 Å². The predicted molar refractivity (Wildman–Crippen MR) is 199 cm³/mol. The van der Waals surface area contributed by atoms with Crippen molar-refractivity contribution in [2.75, 3.05) is 26.2 Å². The molecule has 0 N–H and O–H groups in total. The normalized spacial score (nSPS) is 11.1. The van der Waals surface area contributed by atoms with E-state index >= 15 is 0 Å². The van der Waals surface area contributed by atoms with Gasteiger partial charge in [-0.2, -0.15) is 0 Å². The number of carbonyl (C=O) groups excluding carboxylic acids is 1. The van der Waals surface area contributed by atoms with Crippen molar-refractivity contribution in [3.05, 3.63) is 131 Å². The molecule has 48 heavy (non-hydrogen) atoms. The number of amides is 1. The SMILES string of the molecule is CCCCCc1ccc(C(=O)N(CCN(CCCC)CCCC)Cc2ccc(OCc3ccccc3)c(OCc3ccccc3)c2)cc1. The summed E-state index contributed by atoms with van der Waals surface area (Å²) in [5, 5.41) is 0. The number of hydrogen-bond acceptors (Lipinski definition) is 4. The van der Waals surface area contributed by atoms with E-state index in [2.05, 4.69) is 68.1 Å². The molecule has 0 fully saturated rings. The van der Waals surface area contributed by atoms with E-state index in [1.807, 2.05) is 65.6 Å². The van der Waals surface area contributed by atoms with Crippen LogP contribution in [0.3, 0.4) is 0 Å². The molecule has 0 atom stereocenters. The number of rotatable bonds is 22. The Bertz CT molecular complexity index is 1450. The number of nitrogens with zero attached hydrogens (tertiary/aromatic N) is 2. The first kappa shape index (κ1) is 36.7. The molecule has 0 spiro atoms. The van der Waals surface area contributed by atoms with Crippen LogP contribution in [0.15, 0.2) is 103 Å². The third-order valence-corrected chi connectivity index (χ3v) is 8.75. The monoisotopic (exact) mass is 648 g/mol. The van der Waals surface area contributed by atoms with E-state index in [9.17, 15) is 4.79 Å². The summed E-state index contributed by atoms with van der Waals surface area (Å²) in [4.78, 5) is 18.7. The summed E-state index contributed by atoms with van der Waals surface area (Å²) in [5.74, 6) is 1.45. The second kappa shape index (κ2) is 21.0. The van der Waals surface area contributed by atoms with Crippen LogP contribution in [0.4, 0.5) is 0 Å². The Labute approximate surface area is 289 Å². The first-order valence-corrected chi connectivity index (χ1v) is 18.2. The summed E-state index contributed by atoms with van der Waals surface area (Å²) in [6.45, 7) is 11.7. The molecule has 0 heterocycles. The average molecular weight is 649 g/mol. The topological polar surface area (TPSA) is 42.0 Å². The van der Waals surface area contributed by atoms with Crippen molar-refractivity contribution in [3.63, 3.8) is 0 Å². The van der Waals surface area contributed by atoms with Crippen LogP contribution in [0, 0.1) is 0 Å². The van der Waals surface area contributed by atoms with Crippen molar-refractivity contribution in [3.8, 4) is 11.5 Å². The van der Waals surface area contributed by atoms with Crippen LogP contribution in [-0.2, 0) is 26.2 Å². The third-order valence-electron chi connectivity index (χ3n) is 8.75. The van der Waals surface area contributed by atoms with Gasteiger partial charge >= 0.3 is 0 Å². The van der Waals surface area contributed by atoms with Gasteiger partial charge in [-0.25, -0.2) is 0 Å². The van der Waals surface area contributed by atoms with E-state index in [1.165, 1.54) is 50.5 Å². The Morgan fingerprint density at radius 3 is 1.69 bits per heavy atom. The fraction of sp³-hybridized carbons (Fsp3) is 0.419. The molecule has 0 saturated heterocycles. The van der Waals surface area contributed by atoms with E-state index in [1.54, 1.807) is 0 Å². The lowest BCUT2D eigenvalue weighted by Crippen LogP contribution is -2.39. The fourth-order valence-electron chi connectivity index (χ4n) is 5.76. The molecule has 256 valence electrons. The molecular formula is C43H56N2O3. The van der Waals surface area contributed by atoms with Gasteiger partial charge in [0.25, 0.3) is 5.91 Å².